The number of carbonyl (C=O) groups excluding carboxylic acids is 1. The van der Waals surface area contributed by atoms with Crippen molar-refractivity contribution in [1.29, 1.82) is 0 Å². The second kappa shape index (κ2) is 3.56. The zero-order valence-electron chi connectivity index (χ0n) is 8.22. The Morgan fingerprint density at radius 1 is 1.50 bits per heavy atom. The van der Waals surface area contributed by atoms with Crippen LogP contribution in [0.1, 0.15) is 33.1 Å². The Hall–Kier alpha value is -0.370. The molecule has 0 amide bonds. The van der Waals surface area contributed by atoms with Gasteiger partial charge in [0, 0.05) is 24.9 Å². The van der Waals surface area contributed by atoms with E-state index in [4.69, 9.17) is 4.74 Å². The summed E-state index contributed by atoms with van der Waals surface area (Å²) >= 11 is 0. The zero-order valence-corrected chi connectivity index (χ0v) is 8.22. The number of ether oxygens (including phenoxy) is 1. The van der Waals surface area contributed by atoms with Crippen molar-refractivity contribution >= 4 is 5.78 Å². The second-order valence-corrected chi connectivity index (χ2v) is 4.23. The van der Waals surface area contributed by atoms with Crippen molar-refractivity contribution in [2.75, 3.05) is 13.7 Å². The summed E-state index contributed by atoms with van der Waals surface area (Å²) in [5.74, 6) is 0.559. The Kier molecular flexibility index (Phi) is 2.89. The van der Waals surface area contributed by atoms with Crippen molar-refractivity contribution in [1.82, 2.24) is 0 Å². The van der Waals surface area contributed by atoms with Crippen LogP contribution in [0.3, 0.4) is 0 Å². The zero-order chi connectivity index (χ0) is 9.19. The molecule has 0 spiro atoms. The van der Waals surface area contributed by atoms with E-state index in [2.05, 4.69) is 0 Å². The maximum Gasteiger partial charge on any atom is 0.136 e. The summed E-state index contributed by atoms with van der Waals surface area (Å²) in [6, 6.07) is 0. The first-order chi connectivity index (χ1) is 5.59. The molecule has 0 aliphatic heterocycles. The normalized spacial score (nSPS) is 19.7. The summed E-state index contributed by atoms with van der Waals surface area (Å²) in [5, 5.41) is 0. The molecule has 0 bridgehead atoms. The molecule has 0 unspecified atom stereocenters. The standard InChI is InChI=1S/C10H18O2/c1-8(2)9(11)6-10(4-5-10)7-12-3/h8H,4-7H2,1-3H3. The molecule has 0 heterocycles. The minimum absolute atomic E-state index is 0.180. The fourth-order valence-corrected chi connectivity index (χ4v) is 1.43. The topological polar surface area (TPSA) is 26.3 Å². The van der Waals surface area contributed by atoms with Gasteiger partial charge in [-0.15, -0.1) is 0 Å². The summed E-state index contributed by atoms with van der Waals surface area (Å²) in [5.41, 5.74) is 0.232. The Balaban J connectivity index is 2.35. The first-order valence-corrected chi connectivity index (χ1v) is 4.61. The van der Waals surface area contributed by atoms with Gasteiger partial charge in [-0.05, 0) is 12.8 Å². The predicted octanol–water partition coefficient (Wildman–Crippen LogP) is 2.03. The van der Waals surface area contributed by atoms with Gasteiger partial charge in [-0.25, -0.2) is 0 Å². The first-order valence-electron chi connectivity index (χ1n) is 4.61. The molecule has 70 valence electrons. The lowest BCUT2D eigenvalue weighted by molar-refractivity contribution is -0.123. The first kappa shape index (κ1) is 9.72. The smallest absolute Gasteiger partial charge is 0.136 e. The molecule has 12 heavy (non-hydrogen) atoms. The lowest BCUT2D eigenvalue weighted by atomic mass is 9.95. The van der Waals surface area contributed by atoms with Crippen molar-refractivity contribution < 1.29 is 9.53 Å². The molecule has 0 N–H and O–H groups in total. The molecule has 0 aromatic rings. The third-order valence-electron chi connectivity index (χ3n) is 2.60. The minimum atomic E-state index is 0.180. The number of Topliss-reactive ketones (excluding diaryl/α,β-unsaturated/α-hetero) is 1. The van der Waals surface area contributed by atoms with E-state index in [-0.39, 0.29) is 11.3 Å². The molecule has 2 nitrogen and oxygen atoms in total. The second-order valence-electron chi connectivity index (χ2n) is 4.23. The highest BCUT2D eigenvalue weighted by atomic mass is 16.5. The van der Waals surface area contributed by atoms with Crippen LogP contribution in [0.2, 0.25) is 0 Å². The number of methoxy groups -OCH3 is 1. The highest BCUT2D eigenvalue weighted by molar-refractivity contribution is 5.81. The van der Waals surface area contributed by atoms with E-state index in [0.29, 0.717) is 5.78 Å². The van der Waals surface area contributed by atoms with E-state index in [1.165, 1.54) is 12.8 Å². The van der Waals surface area contributed by atoms with E-state index < -0.39 is 0 Å². The molecule has 1 fully saturated rings. The van der Waals surface area contributed by atoms with Gasteiger partial charge >= 0.3 is 0 Å². The lowest BCUT2D eigenvalue weighted by Gasteiger charge is -2.13. The predicted molar refractivity (Wildman–Crippen MR) is 48.0 cm³/mol. The number of rotatable bonds is 5. The molecule has 1 aliphatic rings. The molecule has 1 aliphatic carbocycles. The van der Waals surface area contributed by atoms with Crippen LogP contribution >= 0.6 is 0 Å². The summed E-state index contributed by atoms with van der Waals surface area (Å²) in [6.07, 6.45) is 3.05. The monoisotopic (exact) mass is 170 g/mol. The van der Waals surface area contributed by atoms with Gasteiger partial charge in [0.15, 0.2) is 0 Å². The Bertz CT molecular complexity index is 169. The molecule has 2 heteroatoms. The van der Waals surface area contributed by atoms with Crippen LogP contribution in [0.4, 0.5) is 0 Å². The van der Waals surface area contributed by atoms with Crippen LogP contribution in [-0.4, -0.2) is 19.5 Å². The van der Waals surface area contributed by atoms with E-state index in [1.807, 2.05) is 13.8 Å². The summed E-state index contributed by atoms with van der Waals surface area (Å²) in [4.78, 5) is 11.4. The van der Waals surface area contributed by atoms with E-state index >= 15 is 0 Å². The Morgan fingerprint density at radius 2 is 2.08 bits per heavy atom. The molecule has 0 aromatic heterocycles. The number of hydrogen-bond donors (Lipinski definition) is 0. The number of hydrogen-bond acceptors (Lipinski definition) is 2. The van der Waals surface area contributed by atoms with Gasteiger partial charge in [0.25, 0.3) is 0 Å². The van der Waals surface area contributed by atoms with Crippen LogP contribution < -0.4 is 0 Å². The quantitative estimate of drug-likeness (QED) is 0.631. The third kappa shape index (κ3) is 2.31. The molecule has 0 aromatic carbocycles. The van der Waals surface area contributed by atoms with Crippen molar-refractivity contribution in [2.45, 2.75) is 33.1 Å². The van der Waals surface area contributed by atoms with Crippen molar-refractivity contribution in [2.24, 2.45) is 11.3 Å². The van der Waals surface area contributed by atoms with Gasteiger partial charge < -0.3 is 4.74 Å². The molecule has 0 saturated heterocycles. The highest BCUT2D eigenvalue weighted by Gasteiger charge is 2.44. The lowest BCUT2D eigenvalue weighted by Crippen LogP contribution is -2.18. The van der Waals surface area contributed by atoms with Crippen molar-refractivity contribution in [3.8, 4) is 0 Å². The molecule has 1 saturated carbocycles. The summed E-state index contributed by atoms with van der Waals surface area (Å²) < 4.78 is 5.10. The van der Waals surface area contributed by atoms with Crippen molar-refractivity contribution in [3.63, 3.8) is 0 Å². The van der Waals surface area contributed by atoms with Crippen LogP contribution in [0, 0.1) is 11.3 Å². The maximum absolute atomic E-state index is 11.4. The van der Waals surface area contributed by atoms with Gasteiger partial charge in [-0.3, -0.25) is 4.79 Å². The van der Waals surface area contributed by atoms with E-state index in [9.17, 15) is 4.79 Å². The number of carbonyl (C=O) groups is 1. The minimum Gasteiger partial charge on any atom is -0.384 e. The van der Waals surface area contributed by atoms with E-state index in [1.54, 1.807) is 7.11 Å². The Morgan fingerprint density at radius 3 is 2.42 bits per heavy atom. The SMILES string of the molecule is COCC1(CC(=O)C(C)C)CC1. The Labute approximate surface area is 74.3 Å². The van der Waals surface area contributed by atoms with Crippen LogP contribution in [0.15, 0.2) is 0 Å². The van der Waals surface area contributed by atoms with Crippen LogP contribution in [-0.2, 0) is 9.53 Å². The molecule has 1 rings (SSSR count). The van der Waals surface area contributed by atoms with E-state index in [0.717, 1.165) is 13.0 Å². The van der Waals surface area contributed by atoms with Gasteiger partial charge in [0.05, 0.1) is 6.61 Å². The number of ketones is 1. The fraction of sp³-hybridized carbons (Fsp3) is 0.900. The molecular weight excluding hydrogens is 152 g/mol. The molecule has 0 atom stereocenters. The summed E-state index contributed by atoms with van der Waals surface area (Å²) in [6.45, 7) is 4.68. The average molecular weight is 170 g/mol. The maximum atomic E-state index is 11.4. The highest BCUT2D eigenvalue weighted by Crippen LogP contribution is 2.49. The largest absolute Gasteiger partial charge is 0.384 e. The molecule has 0 radical (unpaired) electrons. The van der Waals surface area contributed by atoms with Crippen LogP contribution in [0.5, 0.6) is 0 Å². The van der Waals surface area contributed by atoms with Gasteiger partial charge in [-0.2, -0.15) is 0 Å². The van der Waals surface area contributed by atoms with Gasteiger partial charge in [0.2, 0.25) is 0 Å². The third-order valence-corrected chi connectivity index (χ3v) is 2.60. The fourth-order valence-electron chi connectivity index (χ4n) is 1.43. The summed E-state index contributed by atoms with van der Waals surface area (Å²) in [7, 11) is 1.71. The molecular formula is C10H18O2. The van der Waals surface area contributed by atoms with Crippen LogP contribution in [0.25, 0.3) is 0 Å². The van der Waals surface area contributed by atoms with Gasteiger partial charge in [0.1, 0.15) is 5.78 Å². The van der Waals surface area contributed by atoms with Gasteiger partial charge in [-0.1, -0.05) is 13.8 Å². The average Bonchev–Trinajstić information content (AvgIpc) is 2.69. The van der Waals surface area contributed by atoms with Crippen molar-refractivity contribution in [3.05, 3.63) is 0 Å².